The molecular formula is C12H18N4O2. The maximum atomic E-state index is 12.1. The van der Waals surface area contributed by atoms with Gasteiger partial charge in [-0.3, -0.25) is 4.79 Å². The molecule has 6 nitrogen and oxygen atoms in total. The highest BCUT2D eigenvalue weighted by atomic mass is 16.5. The van der Waals surface area contributed by atoms with E-state index in [2.05, 4.69) is 15.3 Å². The number of aromatic nitrogens is 2. The fraction of sp³-hybridized carbons (Fsp3) is 0.583. The number of nitrogens with two attached hydrogens (primary N) is 1. The molecule has 1 aliphatic heterocycles. The number of hydrogen-bond donors (Lipinski definition) is 2. The second kappa shape index (κ2) is 4.89. The first-order chi connectivity index (χ1) is 8.48. The molecule has 1 saturated heterocycles. The minimum atomic E-state index is -0.233. The van der Waals surface area contributed by atoms with Crippen LogP contribution in [-0.2, 0) is 4.74 Å². The number of nitrogen functional groups attached to an aromatic ring is 1. The van der Waals surface area contributed by atoms with Crippen molar-refractivity contribution in [3.05, 3.63) is 17.5 Å². The van der Waals surface area contributed by atoms with Crippen LogP contribution >= 0.6 is 0 Å². The molecule has 0 radical (unpaired) electrons. The molecule has 1 aromatic heterocycles. The summed E-state index contributed by atoms with van der Waals surface area (Å²) < 4.78 is 5.29. The summed E-state index contributed by atoms with van der Waals surface area (Å²) in [5, 5.41) is 3.00. The lowest BCUT2D eigenvalue weighted by Gasteiger charge is -2.34. The first kappa shape index (κ1) is 12.8. The number of rotatable bonds is 2. The predicted octanol–water partition coefficient (Wildman–Crippen LogP) is 0.666. The molecule has 18 heavy (non-hydrogen) atoms. The van der Waals surface area contributed by atoms with Crippen LogP contribution in [0.25, 0.3) is 0 Å². The third-order valence-electron chi connectivity index (χ3n) is 3.12. The molecule has 0 aliphatic carbocycles. The van der Waals surface area contributed by atoms with Crippen molar-refractivity contribution in [2.24, 2.45) is 0 Å². The molecule has 0 bridgehead atoms. The Balaban J connectivity index is 2.11. The molecule has 1 fully saturated rings. The Morgan fingerprint density at radius 2 is 2.11 bits per heavy atom. The standard InChI is InChI=1S/C12H18N4O2/c1-8-7-9(15-11(13)14-8)10(17)16-12(2)3-5-18-6-4-12/h7H,3-6H2,1-2H3,(H,16,17)(H2,13,14,15). The second-order valence-electron chi connectivity index (χ2n) is 4.88. The molecule has 2 rings (SSSR count). The van der Waals surface area contributed by atoms with E-state index < -0.39 is 0 Å². The summed E-state index contributed by atoms with van der Waals surface area (Å²) in [5.41, 5.74) is 6.31. The average molecular weight is 250 g/mol. The Labute approximate surface area is 106 Å². The van der Waals surface area contributed by atoms with Crippen molar-refractivity contribution in [1.82, 2.24) is 15.3 Å². The molecular weight excluding hydrogens is 232 g/mol. The van der Waals surface area contributed by atoms with Crippen LogP contribution in [0.4, 0.5) is 5.95 Å². The van der Waals surface area contributed by atoms with E-state index in [0.717, 1.165) is 12.8 Å². The van der Waals surface area contributed by atoms with Gasteiger partial charge in [0.25, 0.3) is 5.91 Å². The SMILES string of the molecule is Cc1cc(C(=O)NC2(C)CCOCC2)nc(N)n1. The van der Waals surface area contributed by atoms with Crippen LogP contribution in [-0.4, -0.2) is 34.6 Å². The molecule has 98 valence electrons. The zero-order valence-corrected chi connectivity index (χ0v) is 10.7. The Kier molecular flexibility index (Phi) is 3.47. The lowest BCUT2D eigenvalue weighted by Crippen LogP contribution is -2.49. The van der Waals surface area contributed by atoms with Gasteiger partial charge in [0.1, 0.15) is 5.69 Å². The van der Waals surface area contributed by atoms with Gasteiger partial charge >= 0.3 is 0 Å². The minimum Gasteiger partial charge on any atom is -0.381 e. The van der Waals surface area contributed by atoms with E-state index in [1.165, 1.54) is 0 Å². The van der Waals surface area contributed by atoms with Crippen molar-refractivity contribution in [2.45, 2.75) is 32.2 Å². The van der Waals surface area contributed by atoms with Gasteiger partial charge < -0.3 is 15.8 Å². The van der Waals surface area contributed by atoms with Gasteiger partial charge in [-0.15, -0.1) is 0 Å². The highest BCUT2D eigenvalue weighted by Crippen LogP contribution is 2.20. The molecule has 0 aromatic carbocycles. The number of anilines is 1. The average Bonchev–Trinajstić information content (AvgIpc) is 2.28. The summed E-state index contributed by atoms with van der Waals surface area (Å²) in [4.78, 5) is 20.0. The third kappa shape index (κ3) is 2.95. The largest absolute Gasteiger partial charge is 0.381 e. The third-order valence-corrected chi connectivity index (χ3v) is 3.12. The maximum absolute atomic E-state index is 12.1. The van der Waals surface area contributed by atoms with E-state index in [4.69, 9.17) is 10.5 Å². The van der Waals surface area contributed by atoms with E-state index >= 15 is 0 Å². The summed E-state index contributed by atoms with van der Waals surface area (Å²) in [6.45, 7) is 5.14. The number of aryl methyl sites for hydroxylation is 1. The number of ether oxygens (including phenoxy) is 1. The smallest absolute Gasteiger partial charge is 0.270 e. The number of nitrogens with one attached hydrogen (secondary N) is 1. The van der Waals surface area contributed by atoms with Gasteiger partial charge in [0.2, 0.25) is 5.95 Å². The minimum absolute atomic E-state index is 0.122. The fourth-order valence-electron chi connectivity index (χ4n) is 1.99. The molecule has 1 aliphatic rings. The number of hydrogen-bond acceptors (Lipinski definition) is 5. The van der Waals surface area contributed by atoms with Crippen LogP contribution in [0, 0.1) is 6.92 Å². The van der Waals surface area contributed by atoms with Crippen LogP contribution in [0.3, 0.4) is 0 Å². The normalized spacial score (nSPS) is 18.3. The molecule has 2 heterocycles. The molecule has 0 unspecified atom stereocenters. The maximum Gasteiger partial charge on any atom is 0.270 e. The monoisotopic (exact) mass is 250 g/mol. The summed E-state index contributed by atoms with van der Waals surface area (Å²) in [5.74, 6) is -0.0890. The van der Waals surface area contributed by atoms with Crippen LogP contribution in [0.2, 0.25) is 0 Å². The van der Waals surface area contributed by atoms with Gasteiger partial charge in [-0.1, -0.05) is 0 Å². The highest BCUT2D eigenvalue weighted by Gasteiger charge is 2.29. The second-order valence-corrected chi connectivity index (χ2v) is 4.88. The van der Waals surface area contributed by atoms with E-state index in [0.29, 0.717) is 24.6 Å². The van der Waals surface area contributed by atoms with E-state index in [1.807, 2.05) is 6.92 Å². The lowest BCUT2D eigenvalue weighted by atomic mass is 9.92. The predicted molar refractivity (Wildman–Crippen MR) is 67.1 cm³/mol. The fourth-order valence-corrected chi connectivity index (χ4v) is 1.99. The van der Waals surface area contributed by atoms with Crippen molar-refractivity contribution in [1.29, 1.82) is 0 Å². The quantitative estimate of drug-likeness (QED) is 0.805. The number of carbonyl (C=O) groups is 1. The van der Waals surface area contributed by atoms with Crippen LogP contribution in [0.15, 0.2) is 6.07 Å². The Bertz CT molecular complexity index is 435. The molecule has 0 atom stereocenters. The first-order valence-electron chi connectivity index (χ1n) is 6.00. The van der Waals surface area contributed by atoms with Crippen molar-refractivity contribution in [3.63, 3.8) is 0 Å². The van der Waals surface area contributed by atoms with Crippen LogP contribution in [0.1, 0.15) is 35.9 Å². The van der Waals surface area contributed by atoms with Gasteiger partial charge in [-0.2, -0.15) is 0 Å². The summed E-state index contributed by atoms with van der Waals surface area (Å²) in [6.07, 6.45) is 1.61. The van der Waals surface area contributed by atoms with Gasteiger partial charge in [0, 0.05) is 24.4 Å². The van der Waals surface area contributed by atoms with E-state index in [9.17, 15) is 4.79 Å². The van der Waals surface area contributed by atoms with Crippen molar-refractivity contribution < 1.29 is 9.53 Å². The topological polar surface area (TPSA) is 90.1 Å². The van der Waals surface area contributed by atoms with Crippen LogP contribution < -0.4 is 11.1 Å². The van der Waals surface area contributed by atoms with Gasteiger partial charge in [0.15, 0.2) is 0 Å². The first-order valence-corrected chi connectivity index (χ1v) is 6.00. The number of nitrogens with zero attached hydrogens (tertiary/aromatic N) is 2. The summed E-state index contributed by atoms with van der Waals surface area (Å²) in [6, 6.07) is 1.63. The zero-order chi connectivity index (χ0) is 13.2. The Hall–Kier alpha value is -1.69. The molecule has 6 heteroatoms. The molecule has 1 aromatic rings. The van der Waals surface area contributed by atoms with Gasteiger partial charge in [0.05, 0.1) is 0 Å². The van der Waals surface area contributed by atoms with Gasteiger partial charge in [-0.05, 0) is 32.8 Å². The molecule has 3 N–H and O–H groups in total. The number of carbonyl (C=O) groups excluding carboxylic acids is 1. The summed E-state index contributed by atoms with van der Waals surface area (Å²) >= 11 is 0. The molecule has 0 spiro atoms. The van der Waals surface area contributed by atoms with Crippen molar-refractivity contribution >= 4 is 11.9 Å². The van der Waals surface area contributed by atoms with Crippen molar-refractivity contribution in [3.8, 4) is 0 Å². The van der Waals surface area contributed by atoms with Crippen LogP contribution in [0.5, 0.6) is 0 Å². The van der Waals surface area contributed by atoms with Crippen molar-refractivity contribution in [2.75, 3.05) is 18.9 Å². The van der Waals surface area contributed by atoms with E-state index in [1.54, 1.807) is 13.0 Å². The number of amides is 1. The Morgan fingerprint density at radius 3 is 2.72 bits per heavy atom. The molecule has 0 saturated carbocycles. The highest BCUT2D eigenvalue weighted by molar-refractivity contribution is 5.93. The summed E-state index contributed by atoms with van der Waals surface area (Å²) in [7, 11) is 0. The lowest BCUT2D eigenvalue weighted by molar-refractivity contribution is 0.0421. The van der Waals surface area contributed by atoms with Gasteiger partial charge in [-0.25, -0.2) is 9.97 Å². The van der Waals surface area contributed by atoms with E-state index in [-0.39, 0.29) is 17.4 Å². The Morgan fingerprint density at radius 1 is 1.44 bits per heavy atom. The zero-order valence-electron chi connectivity index (χ0n) is 10.7. The molecule has 1 amide bonds.